The van der Waals surface area contributed by atoms with Crippen LogP contribution < -0.4 is 5.32 Å². The highest BCUT2D eigenvalue weighted by molar-refractivity contribution is 5.86. The lowest BCUT2D eigenvalue weighted by Gasteiger charge is -2.37. The van der Waals surface area contributed by atoms with Crippen molar-refractivity contribution in [1.29, 1.82) is 0 Å². The summed E-state index contributed by atoms with van der Waals surface area (Å²) in [4.78, 5) is 10.9. The van der Waals surface area contributed by atoms with Crippen LogP contribution in [0.4, 0.5) is 11.4 Å². The number of nitro benzene ring substituents is 1. The van der Waals surface area contributed by atoms with Gasteiger partial charge in [-0.1, -0.05) is 54.6 Å². The smallest absolute Gasteiger partial charge is 0.269 e. The van der Waals surface area contributed by atoms with Gasteiger partial charge in [-0.3, -0.25) is 10.1 Å². The molecule has 0 fully saturated rings. The number of nitrogens with one attached hydrogen (secondary N) is 1. The first-order valence-corrected chi connectivity index (χ1v) is 8.91. The molecule has 0 saturated carbocycles. The molecule has 128 valence electrons. The van der Waals surface area contributed by atoms with Crippen molar-refractivity contribution in [3.05, 3.63) is 94.1 Å². The first-order valence-electron chi connectivity index (χ1n) is 8.91. The minimum atomic E-state index is -0.315. The lowest BCUT2D eigenvalue weighted by molar-refractivity contribution is -0.384. The lowest BCUT2D eigenvalue weighted by atomic mass is 9.76. The molecule has 1 heterocycles. The van der Waals surface area contributed by atoms with E-state index in [-0.39, 0.29) is 22.6 Å². The Kier molecular flexibility index (Phi) is 3.32. The van der Waals surface area contributed by atoms with Crippen molar-refractivity contribution in [3.63, 3.8) is 0 Å². The molecule has 0 amide bonds. The average molecular weight is 342 g/mol. The summed E-state index contributed by atoms with van der Waals surface area (Å²) in [5.74, 6) is 0.588. The molecule has 3 atom stereocenters. The molecule has 0 bridgehead atoms. The largest absolute Gasteiger partial charge is 0.378 e. The number of non-ortho nitro benzene ring substituents is 1. The maximum absolute atomic E-state index is 11.2. The molecule has 0 spiro atoms. The first-order chi connectivity index (χ1) is 12.7. The topological polar surface area (TPSA) is 55.2 Å². The molecule has 3 aromatic carbocycles. The molecule has 1 aliphatic carbocycles. The number of hydrogen-bond acceptors (Lipinski definition) is 3. The summed E-state index contributed by atoms with van der Waals surface area (Å²) < 4.78 is 0. The fourth-order valence-corrected chi connectivity index (χ4v) is 4.52. The van der Waals surface area contributed by atoms with E-state index in [2.05, 4.69) is 59.9 Å². The van der Waals surface area contributed by atoms with Gasteiger partial charge in [-0.25, -0.2) is 0 Å². The molecular formula is C22H18N2O2. The van der Waals surface area contributed by atoms with Crippen molar-refractivity contribution < 1.29 is 4.92 Å². The van der Waals surface area contributed by atoms with E-state index in [4.69, 9.17) is 0 Å². The van der Waals surface area contributed by atoms with Crippen LogP contribution in [0.1, 0.15) is 29.5 Å². The zero-order chi connectivity index (χ0) is 17.7. The van der Waals surface area contributed by atoms with Crippen LogP contribution >= 0.6 is 0 Å². The third kappa shape index (κ3) is 2.22. The van der Waals surface area contributed by atoms with E-state index in [0.717, 1.165) is 17.7 Å². The van der Waals surface area contributed by atoms with Crippen LogP contribution in [-0.4, -0.2) is 4.92 Å². The van der Waals surface area contributed by atoms with Crippen LogP contribution in [0.2, 0.25) is 0 Å². The van der Waals surface area contributed by atoms with Gasteiger partial charge in [-0.05, 0) is 40.3 Å². The SMILES string of the molecule is O=[N+]([O-])c1ccc2c(c1)[C@@H]1C=CC[C@H]1[C@H](c1cccc3ccccc13)N2. The Hall–Kier alpha value is -3.14. The van der Waals surface area contributed by atoms with E-state index in [1.165, 1.54) is 16.3 Å². The van der Waals surface area contributed by atoms with Crippen LogP contribution in [0.3, 0.4) is 0 Å². The van der Waals surface area contributed by atoms with Crippen molar-refractivity contribution >= 4 is 22.1 Å². The number of fused-ring (bicyclic) bond motifs is 4. The second-order valence-corrected chi connectivity index (χ2v) is 7.07. The number of rotatable bonds is 2. The Bertz CT molecular complexity index is 1050. The monoisotopic (exact) mass is 342 g/mol. The highest BCUT2D eigenvalue weighted by atomic mass is 16.6. The van der Waals surface area contributed by atoms with Gasteiger partial charge in [0.05, 0.1) is 11.0 Å². The zero-order valence-electron chi connectivity index (χ0n) is 14.1. The van der Waals surface area contributed by atoms with E-state index in [0.29, 0.717) is 5.92 Å². The second-order valence-electron chi connectivity index (χ2n) is 7.07. The second kappa shape index (κ2) is 5.70. The van der Waals surface area contributed by atoms with Crippen LogP contribution in [0.5, 0.6) is 0 Å². The molecule has 5 rings (SSSR count). The lowest BCUT2D eigenvalue weighted by Crippen LogP contribution is -2.29. The number of nitrogens with zero attached hydrogens (tertiary/aromatic N) is 1. The summed E-state index contributed by atoms with van der Waals surface area (Å²) in [6.07, 6.45) is 5.41. The van der Waals surface area contributed by atoms with Gasteiger partial charge in [0.2, 0.25) is 0 Å². The number of nitro groups is 1. The van der Waals surface area contributed by atoms with Crippen molar-refractivity contribution in [3.8, 4) is 0 Å². The molecule has 0 unspecified atom stereocenters. The van der Waals surface area contributed by atoms with Crippen LogP contribution in [0.15, 0.2) is 72.8 Å². The molecule has 26 heavy (non-hydrogen) atoms. The predicted octanol–water partition coefficient (Wildman–Crippen LogP) is 5.57. The fraction of sp³-hybridized carbons (Fsp3) is 0.182. The zero-order valence-corrected chi connectivity index (χ0v) is 14.1. The van der Waals surface area contributed by atoms with Crippen LogP contribution in [0, 0.1) is 16.0 Å². The van der Waals surface area contributed by atoms with Gasteiger partial charge in [0, 0.05) is 23.7 Å². The Morgan fingerprint density at radius 2 is 1.85 bits per heavy atom. The molecule has 0 radical (unpaired) electrons. The van der Waals surface area contributed by atoms with Crippen molar-refractivity contribution in [2.45, 2.75) is 18.4 Å². The van der Waals surface area contributed by atoms with E-state index < -0.39 is 0 Å². The third-order valence-corrected chi connectivity index (χ3v) is 5.72. The minimum absolute atomic E-state index is 0.160. The highest BCUT2D eigenvalue weighted by Gasteiger charge is 2.39. The Balaban J connectivity index is 1.65. The molecule has 2 aliphatic rings. The third-order valence-electron chi connectivity index (χ3n) is 5.72. The maximum Gasteiger partial charge on any atom is 0.269 e. The number of hydrogen-bond donors (Lipinski definition) is 1. The summed E-state index contributed by atoms with van der Waals surface area (Å²) in [7, 11) is 0. The van der Waals surface area contributed by atoms with Gasteiger partial charge in [0.15, 0.2) is 0 Å². The normalized spacial score (nSPS) is 23.3. The van der Waals surface area contributed by atoms with Crippen LogP contribution in [0.25, 0.3) is 10.8 Å². The Labute approximate surface area is 151 Å². The van der Waals surface area contributed by atoms with Crippen molar-refractivity contribution in [2.24, 2.45) is 5.92 Å². The summed E-state index contributed by atoms with van der Waals surface area (Å²) >= 11 is 0. The van der Waals surface area contributed by atoms with Gasteiger partial charge in [0.25, 0.3) is 5.69 Å². The van der Waals surface area contributed by atoms with Gasteiger partial charge in [-0.15, -0.1) is 0 Å². The van der Waals surface area contributed by atoms with E-state index in [1.807, 2.05) is 6.07 Å². The fourth-order valence-electron chi connectivity index (χ4n) is 4.52. The summed E-state index contributed by atoms with van der Waals surface area (Å²) in [5, 5.41) is 17.4. The summed E-state index contributed by atoms with van der Waals surface area (Å²) in [5.41, 5.74) is 3.50. The molecule has 4 heteroatoms. The van der Waals surface area contributed by atoms with Gasteiger partial charge < -0.3 is 5.32 Å². The van der Waals surface area contributed by atoms with Gasteiger partial charge >= 0.3 is 0 Å². The molecule has 0 saturated heterocycles. The molecule has 3 aromatic rings. The molecule has 0 aromatic heterocycles. The molecular weight excluding hydrogens is 324 g/mol. The van der Waals surface area contributed by atoms with Crippen LogP contribution in [-0.2, 0) is 0 Å². The highest BCUT2D eigenvalue weighted by Crippen LogP contribution is 2.51. The van der Waals surface area contributed by atoms with Crippen molar-refractivity contribution in [2.75, 3.05) is 5.32 Å². The quantitative estimate of drug-likeness (QED) is 0.376. The maximum atomic E-state index is 11.2. The number of anilines is 1. The average Bonchev–Trinajstić information content (AvgIpc) is 3.16. The van der Waals surface area contributed by atoms with Crippen molar-refractivity contribution in [1.82, 2.24) is 0 Å². The minimum Gasteiger partial charge on any atom is -0.378 e. The first kappa shape index (κ1) is 15.1. The standard InChI is InChI=1S/C22H18N2O2/c25-24(26)15-11-12-21-20(13-15)17-8-4-10-19(17)22(23-21)18-9-3-6-14-5-1-2-7-16(14)18/h1-9,11-13,17,19,22-23H,10H2/t17-,19-,22+/m1/s1. The van der Waals surface area contributed by atoms with E-state index in [9.17, 15) is 10.1 Å². The van der Waals surface area contributed by atoms with E-state index >= 15 is 0 Å². The predicted molar refractivity (Wildman–Crippen MR) is 103 cm³/mol. The summed E-state index contributed by atoms with van der Waals surface area (Å²) in [6.45, 7) is 0. The summed E-state index contributed by atoms with van der Waals surface area (Å²) in [6, 6.07) is 20.3. The molecule has 4 nitrogen and oxygen atoms in total. The number of benzene rings is 3. The van der Waals surface area contributed by atoms with E-state index in [1.54, 1.807) is 12.1 Å². The Morgan fingerprint density at radius 3 is 2.73 bits per heavy atom. The van der Waals surface area contributed by atoms with Gasteiger partial charge in [-0.2, -0.15) is 0 Å². The number of allylic oxidation sites excluding steroid dienone is 2. The molecule has 1 N–H and O–H groups in total. The molecule has 1 aliphatic heterocycles. The van der Waals surface area contributed by atoms with Gasteiger partial charge in [0.1, 0.15) is 0 Å². The Morgan fingerprint density at radius 1 is 1.00 bits per heavy atom.